The monoisotopic (exact) mass is 263 g/mol. The average Bonchev–Trinajstić information content (AvgIpc) is 2.76. The lowest BCUT2D eigenvalue weighted by molar-refractivity contribution is -0.137. The lowest BCUT2D eigenvalue weighted by Gasteiger charge is -2.07. The molecule has 0 aromatic heterocycles. The summed E-state index contributed by atoms with van der Waals surface area (Å²) in [6.45, 7) is 0. The quantitative estimate of drug-likeness (QED) is 0.749. The van der Waals surface area contributed by atoms with Crippen LogP contribution in [0.5, 0.6) is 0 Å². The minimum absolute atomic E-state index is 0.186. The standard InChI is InChI=1S/C11H9ClF3NO/c12-6-9-5-10(16-17-9)7-1-3-8(4-2-7)11(13,14)15/h1-4,9H,5-6H2. The zero-order chi connectivity index (χ0) is 12.5. The molecule has 0 radical (unpaired) electrons. The molecule has 1 aromatic rings. The van der Waals surface area contributed by atoms with Crippen molar-refractivity contribution in [3.05, 3.63) is 35.4 Å². The van der Waals surface area contributed by atoms with E-state index in [4.69, 9.17) is 16.4 Å². The Hall–Kier alpha value is -1.23. The fourth-order valence-corrected chi connectivity index (χ4v) is 1.70. The number of halogens is 4. The van der Waals surface area contributed by atoms with E-state index in [9.17, 15) is 13.2 Å². The highest BCUT2D eigenvalue weighted by Crippen LogP contribution is 2.29. The molecule has 1 aromatic carbocycles. The second-order valence-electron chi connectivity index (χ2n) is 3.70. The Kier molecular flexibility index (Phi) is 3.28. The van der Waals surface area contributed by atoms with E-state index in [0.29, 0.717) is 23.6 Å². The Morgan fingerprint density at radius 1 is 1.29 bits per heavy atom. The number of nitrogens with zero attached hydrogens (tertiary/aromatic N) is 1. The first-order valence-corrected chi connectivity index (χ1v) is 5.50. The Morgan fingerprint density at radius 2 is 1.94 bits per heavy atom. The Bertz CT molecular complexity index is 427. The van der Waals surface area contributed by atoms with Gasteiger partial charge in [-0.15, -0.1) is 11.6 Å². The van der Waals surface area contributed by atoms with Crippen molar-refractivity contribution in [2.75, 3.05) is 5.88 Å². The highest BCUT2D eigenvalue weighted by Gasteiger charge is 2.30. The van der Waals surface area contributed by atoms with Gasteiger partial charge >= 0.3 is 6.18 Å². The molecule has 1 atom stereocenters. The van der Waals surface area contributed by atoms with Crippen LogP contribution in [0.2, 0.25) is 0 Å². The van der Waals surface area contributed by atoms with E-state index in [2.05, 4.69) is 5.16 Å². The van der Waals surface area contributed by atoms with Gasteiger partial charge in [-0.05, 0) is 17.7 Å². The molecule has 0 bridgehead atoms. The molecule has 92 valence electrons. The van der Waals surface area contributed by atoms with Crippen molar-refractivity contribution in [3.8, 4) is 0 Å². The lowest BCUT2D eigenvalue weighted by Crippen LogP contribution is -2.10. The molecule has 0 fully saturated rings. The number of hydrogen-bond acceptors (Lipinski definition) is 2. The molecule has 0 amide bonds. The first-order valence-electron chi connectivity index (χ1n) is 4.97. The van der Waals surface area contributed by atoms with Gasteiger partial charge in [-0.3, -0.25) is 0 Å². The van der Waals surface area contributed by atoms with Crippen LogP contribution in [-0.2, 0) is 11.0 Å². The number of benzene rings is 1. The van der Waals surface area contributed by atoms with E-state index in [0.717, 1.165) is 12.1 Å². The average molecular weight is 264 g/mol. The van der Waals surface area contributed by atoms with Crippen molar-refractivity contribution >= 4 is 17.3 Å². The third-order valence-electron chi connectivity index (χ3n) is 2.45. The molecule has 1 unspecified atom stereocenters. The highest BCUT2D eigenvalue weighted by atomic mass is 35.5. The molecule has 0 saturated heterocycles. The van der Waals surface area contributed by atoms with Crippen molar-refractivity contribution in [1.29, 1.82) is 0 Å². The van der Waals surface area contributed by atoms with Gasteiger partial charge in [0.2, 0.25) is 0 Å². The maximum atomic E-state index is 12.3. The molecule has 6 heteroatoms. The zero-order valence-corrected chi connectivity index (χ0v) is 9.42. The van der Waals surface area contributed by atoms with Crippen LogP contribution in [0.15, 0.2) is 29.4 Å². The molecule has 1 heterocycles. The van der Waals surface area contributed by atoms with Gasteiger partial charge in [-0.1, -0.05) is 17.3 Å². The number of alkyl halides is 4. The summed E-state index contributed by atoms with van der Waals surface area (Å²) in [6.07, 6.45) is -3.98. The van der Waals surface area contributed by atoms with E-state index in [-0.39, 0.29) is 6.10 Å². The molecule has 17 heavy (non-hydrogen) atoms. The molecular weight excluding hydrogens is 255 g/mol. The third kappa shape index (κ3) is 2.72. The maximum absolute atomic E-state index is 12.3. The fourth-order valence-electron chi connectivity index (χ4n) is 1.53. The molecule has 0 N–H and O–H groups in total. The number of hydrogen-bond donors (Lipinski definition) is 0. The smallest absolute Gasteiger partial charge is 0.391 e. The largest absolute Gasteiger partial charge is 0.416 e. The van der Waals surface area contributed by atoms with Gasteiger partial charge < -0.3 is 4.84 Å². The van der Waals surface area contributed by atoms with Crippen LogP contribution in [-0.4, -0.2) is 17.7 Å². The van der Waals surface area contributed by atoms with Crippen LogP contribution >= 0.6 is 11.6 Å². The van der Waals surface area contributed by atoms with Crippen LogP contribution in [0, 0.1) is 0 Å². The Labute approximate surface area is 101 Å². The third-order valence-corrected chi connectivity index (χ3v) is 2.79. The highest BCUT2D eigenvalue weighted by molar-refractivity contribution is 6.18. The van der Waals surface area contributed by atoms with Gasteiger partial charge in [0.05, 0.1) is 17.2 Å². The van der Waals surface area contributed by atoms with Crippen LogP contribution in [0.25, 0.3) is 0 Å². The van der Waals surface area contributed by atoms with Gasteiger partial charge in [0.1, 0.15) is 6.10 Å². The second-order valence-corrected chi connectivity index (χ2v) is 4.01. The number of rotatable bonds is 2. The molecule has 1 aliphatic rings. The van der Waals surface area contributed by atoms with E-state index in [1.165, 1.54) is 12.1 Å². The van der Waals surface area contributed by atoms with Crippen LogP contribution in [0.3, 0.4) is 0 Å². The minimum atomic E-state index is -4.31. The van der Waals surface area contributed by atoms with Gasteiger partial charge in [-0.2, -0.15) is 13.2 Å². The zero-order valence-electron chi connectivity index (χ0n) is 8.67. The van der Waals surface area contributed by atoms with Crippen molar-refractivity contribution in [2.45, 2.75) is 18.7 Å². The van der Waals surface area contributed by atoms with Crippen molar-refractivity contribution in [3.63, 3.8) is 0 Å². The summed E-state index contributed by atoms with van der Waals surface area (Å²) in [6, 6.07) is 4.85. The normalized spacial score (nSPS) is 20.0. The summed E-state index contributed by atoms with van der Waals surface area (Å²) < 4.78 is 37.0. The summed E-state index contributed by atoms with van der Waals surface area (Å²) in [5.74, 6) is 0.313. The van der Waals surface area contributed by atoms with E-state index in [1.807, 2.05) is 0 Å². The minimum Gasteiger partial charge on any atom is -0.391 e. The summed E-state index contributed by atoms with van der Waals surface area (Å²) in [5.41, 5.74) is 0.588. The SMILES string of the molecule is FC(F)(F)c1ccc(C2=NOC(CCl)C2)cc1. The van der Waals surface area contributed by atoms with Crippen molar-refractivity contribution < 1.29 is 18.0 Å². The predicted molar refractivity (Wildman–Crippen MR) is 58.2 cm³/mol. The first kappa shape index (κ1) is 12.2. The van der Waals surface area contributed by atoms with E-state index in [1.54, 1.807) is 0 Å². The molecule has 0 saturated carbocycles. The van der Waals surface area contributed by atoms with Crippen molar-refractivity contribution in [2.24, 2.45) is 5.16 Å². The summed E-state index contributed by atoms with van der Waals surface area (Å²) in [4.78, 5) is 5.00. The predicted octanol–water partition coefficient (Wildman–Crippen LogP) is 3.44. The van der Waals surface area contributed by atoms with Crippen LogP contribution < -0.4 is 0 Å². The molecule has 0 spiro atoms. The molecular formula is C11H9ClF3NO. The van der Waals surface area contributed by atoms with Gasteiger partial charge in [0.25, 0.3) is 0 Å². The van der Waals surface area contributed by atoms with Gasteiger partial charge in [0, 0.05) is 6.42 Å². The van der Waals surface area contributed by atoms with Gasteiger partial charge in [-0.25, -0.2) is 0 Å². The molecule has 0 aliphatic carbocycles. The summed E-state index contributed by atoms with van der Waals surface area (Å²) >= 11 is 5.60. The second kappa shape index (κ2) is 4.56. The topological polar surface area (TPSA) is 21.6 Å². The Morgan fingerprint density at radius 3 is 2.41 bits per heavy atom. The maximum Gasteiger partial charge on any atom is 0.416 e. The summed E-state index contributed by atoms with van der Waals surface area (Å²) in [5, 5.41) is 3.80. The Balaban J connectivity index is 2.14. The van der Waals surface area contributed by atoms with Crippen molar-refractivity contribution in [1.82, 2.24) is 0 Å². The summed E-state index contributed by atoms with van der Waals surface area (Å²) in [7, 11) is 0. The van der Waals surface area contributed by atoms with E-state index < -0.39 is 11.7 Å². The molecule has 2 nitrogen and oxygen atoms in total. The first-order chi connectivity index (χ1) is 8.00. The number of oxime groups is 1. The molecule has 1 aliphatic heterocycles. The van der Waals surface area contributed by atoms with E-state index >= 15 is 0 Å². The lowest BCUT2D eigenvalue weighted by atomic mass is 10.0. The van der Waals surface area contributed by atoms with Gasteiger partial charge in [0.15, 0.2) is 0 Å². The van der Waals surface area contributed by atoms with Crippen LogP contribution in [0.1, 0.15) is 17.5 Å². The fraction of sp³-hybridized carbons (Fsp3) is 0.364. The van der Waals surface area contributed by atoms with Crippen LogP contribution in [0.4, 0.5) is 13.2 Å². The molecule has 2 rings (SSSR count).